The second-order valence-electron chi connectivity index (χ2n) is 9.87. The first-order valence-electron chi connectivity index (χ1n) is 14.3. The van der Waals surface area contributed by atoms with Crippen LogP contribution in [0.5, 0.6) is 0 Å². The van der Waals surface area contributed by atoms with Gasteiger partial charge in [0, 0.05) is 19.5 Å². The van der Waals surface area contributed by atoms with Crippen LogP contribution in [0.3, 0.4) is 0 Å². The molecule has 0 N–H and O–H groups in total. The van der Waals surface area contributed by atoms with Crippen LogP contribution in [-0.2, 0) is 0 Å². The molecule has 2 heterocycles. The molecule has 0 radical (unpaired) electrons. The lowest BCUT2D eigenvalue weighted by atomic mass is 10.0. The number of allylic oxidation sites excluding steroid dienone is 2. The number of benzene rings is 3. The Kier molecular flexibility index (Phi) is 34.9. The first kappa shape index (κ1) is 52.9. The molecule has 0 amide bonds. The molecule has 0 aliphatic carbocycles. The number of hydrogen-bond donors (Lipinski definition) is 0. The Morgan fingerprint density at radius 3 is 0.787 bits per heavy atom. The number of hydrogen-bond acceptors (Lipinski definition) is 2. The van der Waals surface area contributed by atoms with Gasteiger partial charge >= 0.3 is 0 Å². The normalized spacial score (nSPS) is 8.38. The first-order chi connectivity index (χ1) is 20.1. The van der Waals surface area contributed by atoms with Crippen LogP contribution in [0, 0.1) is 53.4 Å². The Labute approximate surface area is 301 Å². The molecule has 0 fully saturated rings. The van der Waals surface area contributed by atoms with Gasteiger partial charge in [0.2, 0.25) is 0 Å². The Bertz CT molecular complexity index is 1370. The Balaban J connectivity index is -0.000000164. The molecule has 0 aliphatic heterocycles. The average molecular weight is 673 g/mol. The van der Waals surface area contributed by atoms with Crippen LogP contribution in [0.4, 0.5) is 0 Å². The van der Waals surface area contributed by atoms with E-state index in [4.69, 9.17) is 0 Å². The van der Waals surface area contributed by atoms with Crippen molar-refractivity contribution in [3.8, 4) is 32.7 Å². The van der Waals surface area contributed by atoms with E-state index < -0.39 is 0 Å². The average Bonchev–Trinajstić information content (AvgIpc) is 3.64. The molecule has 2 heteroatoms. The third-order valence-corrected chi connectivity index (χ3v) is 8.16. The maximum Gasteiger partial charge on any atom is 0.0445 e. The van der Waals surface area contributed by atoms with Crippen LogP contribution < -0.4 is 0 Å². The summed E-state index contributed by atoms with van der Waals surface area (Å²) in [6, 6.07) is 34.5. The van der Waals surface area contributed by atoms with E-state index >= 15 is 0 Å². The van der Waals surface area contributed by atoms with Crippen molar-refractivity contribution in [2.24, 2.45) is 0 Å². The standard InChI is InChI=1S/C14H14.C10H10S2.C8H10.C4H8.C4H6.5CH4/c1-11-3-7-13(8-4-11)14-9-5-12(2)6-10-14;1-7-3-5-9(11-7)10-6-4-8(2)12-10;1-7-3-5-8(2)6-4-7;2*1-3-4-2;;;;;/h3-10H,1-2H3;3-6H,1-2H3;3-6H,1-2H3;3-4H,1-2H3;1-2H3;5*1H4. The Morgan fingerprint density at radius 1 is 0.383 bits per heavy atom. The third-order valence-electron chi connectivity index (χ3n) is 5.96. The Morgan fingerprint density at radius 2 is 0.617 bits per heavy atom. The highest BCUT2D eigenvalue weighted by molar-refractivity contribution is 7.22. The van der Waals surface area contributed by atoms with E-state index in [9.17, 15) is 0 Å². The number of thiophene rings is 2. The van der Waals surface area contributed by atoms with Gasteiger partial charge in [-0.25, -0.2) is 0 Å². The summed E-state index contributed by atoms with van der Waals surface area (Å²) in [5, 5.41) is 0. The summed E-state index contributed by atoms with van der Waals surface area (Å²) in [5.41, 5.74) is 7.85. The monoisotopic (exact) mass is 672 g/mol. The highest BCUT2D eigenvalue weighted by atomic mass is 32.1. The van der Waals surface area contributed by atoms with E-state index in [1.807, 2.05) is 62.5 Å². The van der Waals surface area contributed by atoms with Gasteiger partial charge in [0.15, 0.2) is 0 Å². The molecular formula is C45H68S2. The highest BCUT2D eigenvalue weighted by Gasteiger charge is 2.02. The van der Waals surface area contributed by atoms with Gasteiger partial charge in [0.05, 0.1) is 0 Å². The second kappa shape index (κ2) is 31.0. The summed E-state index contributed by atoms with van der Waals surface area (Å²) < 4.78 is 0. The summed E-state index contributed by atoms with van der Waals surface area (Å²) in [4.78, 5) is 5.56. The van der Waals surface area contributed by atoms with Crippen LogP contribution in [-0.4, -0.2) is 0 Å². The minimum Gasteiger partial charge on any atom is -0.140 e. The molecule has 2 aromatic heterocycles. The minimum absolute atomic E-state index is 0. The molecule has 0 atom stereocenters. The van der Waals surface area contributed by atoms with Crippen LogP contribution >= 0.6 is 22.7 Å². The quantitative estimate of drug-likeness (QED) is 0.129. The van der Waals surface area contributed by atoms with Crippen molar-refractivity contribution >= 4 is 22.7 Å². The summed E-state index contributed by atoms with van der Waals surface area (Å²) in [6.07, 6.45) is 4.00. The van der Waals surface area contributed by atoms with Gasteiger partial charge in [-0.2, -0.15) is 0 Å². The van der Waals surface area contributed by atoms with Crippen molar-refractivity contribution in [2.75, 3.05) is 0 Å². The van der Waals surface area contributed by atoms with Crippen molar-refractivity contribution in [3.05, 3.63) is 141 Å². The smallest absolute Gasteiger partial charge is 0.0445 e. The predicted molar refractivity (Wildman–Crippen MR) is 228 cm³/mol. The summed E-state index contributed by atoms with van der Waals surface area (Å²) >= 11 is 3.73. The fraction of sp³-hybridized carbons (Fsp3) is 0.333. The lowest BCUT2D eigenvalue weighted by molar-refractivity contribution is 1.40. The predicted octanol–water partition coefficient (Wildman–Crippen LogP) is 16.2. The largest absolute Gasteiger partial charge is 0.140 e. The lowest BCUT2D eigenvalue weighted by Gasteiger charge is -2.02. The number of rotatable bonds is 2. The highest BCUT2D eigenvalue weighted by Crippen LogP contribution is 2.32. The zero-order valence-corrected chi connectivity index (χ0v) is 28.8. The second-order valence-corrected chi connectivity index (χ2v) is 12.4. The molecule has 3 aromatic carbocycles. The minimum atomic E-state index is 0. The maximum absolute atomic E-state index is 2.68. The van der Waals surface area contributed by atoms with Gasteiger partial charge in [-0.15, -0.1) is 34.5 Å². The van der Waals surface area contributed by atoms with Crippen molar-refractivity contribution in [1.82, 2.24) is 0 Å². The lowest BCUT2D eigenvalue weighted by Crippen LogP contribution is -1.78. The molecule has 0 saturated carbocycles. The fourth-order valence-electron chi connectivity index (χ4n) is 3.26. The van der Waals surface area contributed by atoms with Crippen molar-refractivity contribution < 1.29 is 0 Å². The molecule has 5 rings (SSSR count). The maximum atomic E-state index is 2.68. The van der Waals surface area contributed by atoms with Crippen LogP contribution in [0.2, 0.25) is 0 Å². The Hall–Kier alpha value is -3.64. The molecule has 0 unspecified atom stereocenters. The van der Waals surface area contributed by atoms with Crippen molar-refractivity contribution in [3.63, 3.8) is 0 Å². The SMILES string of the molecule is C.C.C.C.C.CC#CC.CC=CC.Cc1ccc(-c2ccc(C)cc2)cc1.Cc1ccc(-c2ccc(C)s2)s1.Cc1ccc(C)cc1. The summed E-state index contributed by atoms with van der Waals surface area (Å²) in [5.74, 6) is 5.36. The van der Waals surface area contributed by atoms with E-state index in [0.717, 1.165) is 0 Å². The topological polar surface area (TPSA) is 0 Å². The molecule has 260 valence electrons. The van der Waals surface area contributed by atoms with E-state index in [1.54, 1.807) is 0 Å². The third kappa shape index (κ3) is 23.4. The molecule has 0 nitrogen and oxygen atoms in total. The van der Waals surface area contributed by atoms with Gasteiger partial charge in [-0.05, 0) is 105 Å². The number of aryl methyl sites for hydroxylation is 6. The van der Waals surface area contributed by atoms with E-state index in [0.29, 0.717) is 0 Å². The zero-order valence-electron chi connectivity index (χ0n) is 27.2. The molecule has 5 aromatic rings. The van der Waals surface area contributed by atoms with E-state index in [-0.39, 0.29) is 37.1 Å². The van der Waals surface area contributed by atoms with E-state index in [2.05, 4.69) is 150 Å². The van der Waals surface area contributed by atoms with Crippen molar-refractivity contribution in [1.29, 1.82) is 0 Å². The zero-order chi connectivity index (χ0) is 31.3. The van der Waals surface area contributed by atoms with Gasteiger partial charge in [-0.3, -0.25) is 0 Å². The summed E-state index contributed by atoms with van der Waals surface area (Å²) in [6.45, 7) is 20.3. The fourth-order valence-corrected chi connectivity index (χ4v) is 5.09. The summed E-state index contributed by atoms with van der Waals surface area (Å²) in [7, 11) is 0. The van der Waals surface area contributed by atoms with Gasteiger partial charge in [0.25, 0.3) is 0 Å². The molecule has 0 spiro atoms. The van der Waals surface area contributed by atoms with Crippen LogP contribution in [0.25, 0.3) is 20.9 Å². The molecule has 0 bridgehead atoms. The van der Waals surface area contributed by atoms with E-state index in [1.165, 1.54) is 52.9 Å². The van der Waals surface area contributed by atoms with Crippen molar-refractivity contribution in [2.45, 2.75) is 106 Å². The van der Waals surface area contributed by atoms with Crippen LogP contribution in [0.15, 0.2) is 109 Å². The van der Waals surface area contributed by atoms with Gasteiger partial charge in [-0.1, -0.05) is 144 Å². The molecule has 0 saturated heterocycles. The van der Waals surface area contributed by atoms with Gasteiger partial charge < -0.3 is 0 Å². The first-order valence-corrected chi connectivity index (χ1v) is 16.0. The van der Waals surface area contributed by atoms with Gasteiger partial charge in [0.1, 0.15) is 0 Å². The molecule has 47 heavy (non-hydrogen) atoms. The molecular weight excluding hydrogens is 605 g/mol. The molecule has 0 aliphatic rings. The van der Waals surface area contributed by atoms with Crippen LogP contribution in [0.1, 0.15) is 96.8 Å².